The summed E-state index contributed by atoms with van der Waals surface area (Å²) in [5.74, 6) is -1.54. The van der Waals surface area contributed by atoms with E-state index in [2.05, 4.69) is 18.1 Å². The van der Waals surface area contributed by atoms with Gasteiger partial charge >= 0.3 is 5.97 Å². The van der Waals surface area contributed by atoms with Crippen LogP contribution in [0.1, 0.15) is 44.9 Å². The summed E-state index contributed by atoms with van der Waals surface area (Å²) in [6.07, 6.45) is 8.85. The quantitative estimate of drug-likeness (QED) is 0.173. The highest BCUT2D eigenvalue weighted by molar-refractivity contribution is 8.02. The topological polar surface area (TPSA) is 99.6 Å². The van der Waals surface area contributed by atoms with Gasteiger partial charge in [0.1, 0.15) is 6.04 Å². The van der Waals surface area contributed by atoms with Gasteiger partial charge in [0, 0.05) is 51.1 Å². The molecule has 4 aliphatic rings. The number of aliphatic hydroxyl groups excluding tert-OH is 1. The molecule has 4 aliphatic heterocycles. The van der Waals surface area contributed by atoms with E-state index in [1.54, 1.807) is 22.7 Å². The lowest BCUT2D eigenvalue weighted by molar-refractivity contribution is -0.154. The Morgan fingerprint density at radius 2 is 1.95 bits per heavy atom. The van der Waals surface area contributed by atoms with Crippen LogP contribution >= 0.6 is 11.8 Å². The fourth-order valence-corrected chi connectivity index (χ4v) is 8.90. The summed E-state index contributed by atoms with van der Waals surface area (Å²) in [5, 5.41) is 9.37. The molecular formula is C29H45N3O6S. The average Bonchev–Trinajstić information content (AvgIpc) is 3.59. The lowest BCUT2D eigenvalue weighted by Gasteiger charge is -2.38. The first kappa shape index (κ1) is 30.1. The van der Waals surface area contributed by atoms with E-state index in [-0.39, 0.29) is 29.6 Å². The largest absolute Gasteiger partial charge is 0.465 e. The van der Waals surface area contributed by atoms with E-state index in [1.165, 1.54) is 0 Å². The molecule has 0 aromatic rings. The van der Waals surface area contributed by atoms with Crippen LogP contribution in [0.15, 0.2) is 25.3 Å². The van der Waals surface area contributed by atoms with Crippen LogP contribution in [0, 0.1) is 11.8 Å². The minimum atomic E-state index is -0.626. The molecule has 1 N–H and O–H groups in total. The molecule has 5 atom stereocenters. The number of morpholine rings is 1. The highest BCUT2D eigenvalue weighted by Gasteiger charge is 2.74. The number of thioether (sulfide) groups is 1. The lowest BCUT2D eigenvalue weighted by atomic mass is 9.71. The zero-order valence-corrected chi connectivity index (χ0v) is 24.0. The molecule has 2 bridgehead atoms. The second-order valence-corrected chi connectivity index (χ2v) is 12.6. The molecule has 1 spiro atoms. The molecule has 0 saturated carbocycles. The number of rotatable bonds is 16. The number of fused-ring (bicyclic) bond motifs is 1. The van der Waals surface area contributed by atoms with Crippen LogP contribution in [0.3, 0.4) is 0 Å². The van der Waals surface area contributed by atoms with E-state index in [9.17, 15) is 19.5 Å². The number of carbonyl (C=O) groups is 3. The Hall–Kier alpha value is -1.88. The Labute approximate surface area is 236 Å². The molecule has 10 heteroatoms. The van der Waals surface area contributed by atoms with E-state index in [1.807, 2.05) is 11.0 Å². The van der Waals surface area contributed by atoms with Crippen LogP contribution < -0.4 is 0 Å². The second kappa shape index (κ2) is 14.1. The van der Waals surface area contributed by atoms with E-state index >= 15 is 0 Å². The number of amides is 2. The third kappa shape index (κ3) is 6.39. The number of nitrogens with zero attached hydrogens (tertiary/aromatic N) is 3. The van der Waals surface area contributed by atoms with Crippen LogP contribution in [0.25, 0.3) is 0 Å². The van der Waals surface area contributed by atoms with Gasteiger partial charge in [0.2, 0.25) is 11.8 Å². The van der Waals surface area contributed by atoms with Gasteiger partial charge in [-0.25, -0.2) is 0 Å². The molecule has 4 rings (SSSR count). The Morgan fingerprint density at radius 1 is 1.15 bits per heavy atom. The number of hydrogen-bond donors (Lipinski definition) is 1. The van der Waals surface area contributed by atoms with Crippen molar-refractivity contribution in [3.63, 3.8) is 0 Å². The maximum atomic E-state index is 14.3. The van der Waals surface area contributed by atoms with Crippen molar-refractivity contribution in [2.24, 2.45) is 11.8 Å². The minimum absolute atomic E-state index is 0.00396. The van der Waals surface area contributed by atoms with E-state index in [4.69, 9.17) is 9.47 Å². The van der Waals surface area contributed by atoms with Crippen LogP contribution in [0.5, 0.6) is 0 Å². The average molecular weight is 564 g/mol. The van der Waals surface area contributed by atoms with E-state index in [0.29, 0.717) is 52.3 Å². The maximum Gasteiger partial charge on any atom is 0.310 e. The molecule has 4 fully saturated rings. The van der Waals surface area contributed by atoms with Crippen molar-refractivity contribution in [3.05, 3.63) is 25.3 Å². The minimum Gasteiger partial charge on any atom is -0.465 e. The lowest BCUT2D eigenvalue weighted by Crippen LogP contribution is -2.56. The molecule has 2 amide bonds. The van der Waals surface area contributed by atoms with Gasteiger partial charge in [-0.15, -0.1) is 24.9 Å². The number of ether oxygens (including phenoxy) is 2. The predicted octanol–water partition coefficient (Wildman–Crippen LogP) is 2.10. The van der Waals surface area contributed by atoms with E-state index in [0.717, 1.165) is 51.7 Å². The van der Waals surface area contributed by atoms with Gasteiger partial charge in [0.05, 0.1) is 36.4 Å². The van der Waals surface area contributed by atoms with Crippen LogP contribution in [0.4, 0.5) is 0 Å². The summed E-state index contributed by atoms with van der Waals surface area (Å²) < 4.78 is 10.5. The molecule has 4 saturated heterocycles. The summed E-state index contributed by atoms with van der Waals surface area (Å²) >= 11 is 1.67. The highest BCUT2D eigenvalue weighted by Crippen LogP contribution is 2.66. The van der Waals surface area contributed by atoms with Gasteiger partial charge in [-0.2, -0.15) is 0 Å². The number of esters is 1. The van der Waals surface area contributed by atoms with Gasteiger partial charge in [-0.1, -0.05) is 12.2 Å². The van der Waals surface area contributed by atoms with Crippen molar-refractivity contribution >= 4 is 29.5 Å². The first-order chi connectivity index (χ1) is 19.0. The highest BCUT2D eigenvalue weighted by atomic mass is 32.2. The monoisotopic (exact) mass is 563 g/mol. The summed E-state index contributed by atoms with van der Waals surface area (Å²) in [7, 11) is 0. The molecule has 9 nitrogen and oxygen atoms in total. The van der Waals surface area contributed by atoms with Crippen molar-refractivity contribution in [1.29, 1.82) is 0 Å². The van der Waals surface area contributed by atoms with Crippen molar-refractivity contribution in [3.8, 4) is 0 Å². The molecule has 0 radical (unpaired) electrons. The zero-order valence-electron chi connectivity index (χ0n) is 23.1. The Kier molecular flexibility index (Phi) is 10.9. The number of likely N-dealkylation sites (tertiary alicyclic amines) is 1. The Morgan fingerprint density at radius 3 is 2.67 bits per heavy atom. The molecule has 2 unspecified atom stereocenters. The fourth-order valence-electron chi connectivity index (χ4n) is 6.70. The molecule has 39 heavy (non-hydrogen) atoms. The van der Waals surface area contributed by atoms with Crippen molar-refractivity contribution in [1.82, 2.24) is 14.7 Å². The first-order valence-electron chi connectivity index (χ1n) is 14.5. The van der Waals surface area contributed by atoms with Gasteiger partial charge in [-0.3, -0.25) is 19.3 Å². The number of allylic oxidation sites excluding steroid dienone is 1. The first-order valence-corrected chi connectivity index (χ1v) is 15.4. The molecule has 0 aliphatic carbocycles. The smallest absolute Gasteiger partial charge is 0.310 e. The van der Waals surface area contributed by atoms with Crippen LogP contribution in [0.2, 0.25) is 0 Å². The normalized spacial score (nSPS) is 29.9. The van der Waals surface area contributed by atoms with Gasteiger partial charge in [0.25, 0.3) is 0 Å². The number of carbonyl (C=O) groups excluding carboxylic acids is 3. The second-order valence-electron chi connectivity index (χ2n) is 11.0. The Balaban J connectivity index is 1.54. The van der Waals surface area contributed by atoms with Gasteiger partial charge in [-0.05, 0) is 44.9 Å². The number of aliphatic hydroxyl groups is 1. The SMILES string of the molecule is C=CCCCCOC(=O)[C@@H]1[C@H]2C(=O)N(CCCCO)C(C(=O)N(CC=C)CCN3CCOCC3)C23CC[C@H]1S3. The summed E-state index contributed by atoms with van der Waals surface area (Å²) in [5.41, 5.74) is 0. The summed E-state index contributed by atoms with van der Waals surface area (Å²) in [4.78, 5) is 47.5. The number of hydrogen-bond acceptors (Lipinski definition) is 8. The molecule has 218 valence electrons. The Bertz CT molecular complexity index is 896. The van der Waals surface area contributed by atoms with Crippen LogP contribution in [-0.4, -0.2) is 119 Å². The predicted molar refractivity (Wildman–Crippen MR) is 151 cm³/mol. The number of unbranched alkanes of at least 4 members (excludes halogenated alkanes) is 3. The van der Waals surface area contributed by atoms with Crippen molar-refractivity contribution in [2.75, 3.05) is 65.7 Å². The fraction of sp³-hybridized carbons (Fsp3) is 0.759. The van der Waals surface area contributed by atoms with Crippen LogP contribution in [-0.2, 0) is 23.9 Å². The van der Waals surface area contributed by atoms with Gasteiger partial charge < -0.3 is 24.4 Å². The van der Waals surface area contributed by atoms with Crippen molar-refractivity contribution < 1.29 is 29.0 Å². The zero-order chi connectivity index (χ0) is 27.8. The summed E-state index contributed by atoms with van der Waals surface area (Å²) in [6, 6.07) is -0.626. The maximum absolute atomic E-state index is 14.3. The third-order valence-electron chi connectivity index (χ3n) is 8.61. The standard InChI is InChI=1S/C29H45N3O6S/c1-3-5-6-9-19-38-28(36)23-22-10-11-29(39-22)24(23)26(34)32(13-7-8-18-33)25(29)27(35)31(12-4-2)15-14-30-16-20-37-21-17-30/h3-4,22-25,33H,1-2,5-21H2/t22-,23+,24+,25?,29?/m1/s1. The molecular weight excluding hydrogens is 518 g/mol. The third-order valence-corrected chi connectivity index (χ3v) is 10.6. The molecule has 0 aromatic carbocycles. The van der Waals surface area contributed by atoms with E-state index < -0.39 is 22.6 Å². The van der Waals surface area contributed by atoms with Gasteiger partial charge in [0.15, 0.2) is 0 Å². The van der Waals surface area contributed by atoms with Crippen molar-refractivity contribution in [2.45, 2.75) is 61.0 Å². The molecule has 4 heterocycles. The molecule has 0 aromatic heterocycles. The summed E-state index contributed by atoms with van der Waals surface area (Å²) in [6.45, 7) is 13.1.